The van der Waals surface area contributed by atoms with Crippen molar-refractivity contribution in [3.05, 3.63) is 50.7 Å². The summed E-state index contributed by atoms with van der Waals surface area (Å²) in [5, 5.41) is 13.7. The smallest absolute Gasteiger partial charge is 0.329 e. The molecule has 1 aromatic carbocycles. The lowest BCUT2D eigenvalue weighted by molar-refractivity contribution is 0.0938. The maximum Gasteiger partial charge on any atom is 0.329 e. The van der Waals surface area contributed by atoms with Gasteiger partial charge in [-0.1, -0.05) is 19.1 Å². The van der Waals surface area contributed by atoms with Gasteiger partial charge in [-0.25, -0.2) is 4.79 Å². The number of hydrogen-bond acceptors (Lipinski definition) is 7. The number of aliphatic hydroxyl groups excluding tert-OH is 1. The van der Waals surface area contributed by atoms with E-state index in [1.165, 1.54) is 17.2 Å². The molecule has 2 aromatic heterocycles. The Morgan fingerprint density at radius 3 is 2.68 bits per heavy atom. The van der Waals surface area contributed by atoms with Crippen LogP contribution in [-0.4, -0.2) is 57.2 Å². The van der Waals surface area contributed by atoms with Gasteiger partial charge in [0.25, 0.3) is 5.56 Å². The largest absolute Gasteiger partial charge is 0.491 e. The Morgan fingerprint density at radius 1 is 1.26 bits per heavy atom. The van der Waals surface area contributed by atoms with Crippen LogP contribution in [0.5, 0.6) is 5.75 Å². The van der Waals surface area contributed by atoms with Crippen molar-refractivity contribution in [1.29, 1.82) is 0 Å². The number of aryl methyl sites for hydroxylation is 2. The van der Waals surface area contributed by atoms with E-state index in [-0.39, 0.29) is 24.3 Å². The van der Waals surface area contributed by atoms with Gasteiger partial charge in [0.05, 0.1) is 6.54 Å². The molecule has 0 spiro atoms. The molecule has 0 saturated heterocycles. The summed E-state index contributed by atoms with van der Waals surface area (Å²) in [6.45, 7) is 3.31. The lowest BCUT2D eigenvalue weighted by atomic mass is 10.2. The minimum Gasteiger partial charge on any atom is -0.491 e. The van der Waals surface area contributed by atoms with Crippen LogP contribution in [0.4, 0.5) is 5.95 Å². The topological polar surface area (TPSA) is 123 Å². The molecule has 0 unspecified atom stereocenters. The van der Waals surface area contributed by atoms with Crippen molar-refractivity contribution < 1.29 is 14.6 Å². The molecule has 168 valence electrons. The number of nitrogens with zero attached hydrogens (tertiary/aromatic N) is 3. The average Bonchev–Trinajstić information content (AvgIpc) is 3.12. The number of methoxy groups -OCH3 is 1. The third-order valence-electron chi connectivity index (χ3n) is 4.98. The van der Waals surface area contributed by atoms with Crippen molar-refractivity contribution in [3.63, 3.8) is 0 Å². The van der Waals surface area contributed by atoms with E-state index in [2.05, 4.69) is 22.2 Å². The minimum atomic E-state index is -0.903. The van der Waals surface area contributed by atoms with Crippen molar-refractivity contribution >= 4 is 17.1 Å². The summed E-state index contributed by atoms with van der Waals surface area (Å²) in [5.41, 5.74) is 0.548. The first-order chi connectivity index (χ1) is 14.9. The maximum absolute atomic E-state index is 12.5. The van der Waals surface area contributed by atoms with Crippen LogP contribution in [0.15, 0.2) is 33.9 Å². The second-order valence-corrected chi connectivity index (χ2v) is 7.27. The van der Waals surface area contributed by atoms with Gasteiger partial charge >= 0.3 is 5.69 Å². The standard InChI is InChI=1S/C21H29N5O5/c1-4-14-6-8-16(9-7-14)31-13-15(27)12-26-17-18(25(2)21(29)24-19(17)28)23-20(26)22-10-5-11-30-3/h6-9,15,27H,4-5,10-13H2,1-3H3,(H,22,23)(H,24,28,29)/t15-/m0/s1. The quantitative estimate of drug-likeness (QED) is 0.385. The van der Waals surface area contributed by atoms with Gasteiger partial charge in [-0.15, -0.1) is 0 Å². The number of benzene rings is 1. The summed E-state index contributed by atoms with van der Waals surface area (Å²) in [6, 6.07) is 7.68. The van der Waals surface area contributed by atoms with Gasteiger partial charge in [0, 0.05) is 27.3 Å². The molecule has 0 aliphatic carbocycles. The Hall–Kier alpha value is -3.11. The van der Waals surface area contributed by atoms with Crippen molar-refractivity contribution in [2.24, 2.45) is 7.05 Å². The number of fused-ring (bicyclic) bond motifs is 1. The van der Waals surface area contributed by atoms with Crippen molar-refractivity contribution in [1.82, 2.24) is 19.1 Å². The summed E-state index contributed by atoms with van der Waals surface area (Å²) < 4.78 is 13.6. The lowest BCUT2D eigenvalue weighted by Crippen LogP contribution is -2.31. The Bertz CT molecular complexity index is 1120. The monoisotopic (exact) mass is 431 g/mol. The van der Waals surface area contributed by atoms with E-state index in [1.54, 1.807) is 11.7 Å². The summed E-state index contributed by atoms with van der Waals surface area (Å²) in [6.07, 6.45) is 0.766. The molecule has 0 fully saturated rings. The van der Waals surface area contributed by atoms with Crippen LogP contribution in [0.25, 0.3) is 11.2 Å². The molecular weight excluding hydrogens is 402 g/mol. The van der Waals surface area contributed by atoms with E-state index in [0.29, 0.717) is 24.8 Å². The third-order valence-corrected chi connectivity index (χ3v) is 4.98. The van der Waals surface area contributed by atoms with Crippen LogP contribution in [0.2, 0.25) is 0 Å². The molecule has 0 amide bonds. The first kappa shape index (κ1) is 22.6. The molecule has 3 rings (SSSR count). The Morgan fingerprint density at radius 2 is 2.00 bits per heavy atom. The average molecular weight is 431 g/mol. The molecule has 10 nitrogen and oxygen atoms in total. The highest BCUT2D eigenvalue weighted by Crippen LogP contribution is 2.17. The van der Waals surface area contributed by atoms with Gasteiger partial charge in [0.15, 0.2) is 11.2 Å². The zero-order valence-electron chi connectivity index (χ0n) is 18.1. The number of hydrogen-bond donors (Lipinski definition) is 3. The van der Waals surface area contributed by atoms with Crippen LogP contribution < -0.4 is 21.3 Å². The van der Waals surface area contributed by atoms with E-state index >= 15 is 0 Å². The maximum atomic E-state index is 12.5. The predicted octanol–water partition coefficient (Wildman–Crippen LogP) is 0.874. The number of imidazole rings is 1. The number of aliphatic hydroxyl groups is 1. The van der Waals surface area contributed by atoms with Crippen LogP contribution >= 0.6 is 0 Å². The van der Waals surface area contributed by atoms with E-state index in [4.69, 9.17) is 9.47 Å². The van der Waals surface area contributed by atoms with Gasteiger partial charge in [-0.05, 0) is 30.5 Å². The summed E-state index contributed by atoms with van der Waals surface area (Å²) in [7, 11) is 3.16. The molecule has 0 saturated carbocycles. The third kappa shape index (κ3) is 5.33. The molecule has 0 bridgehead atoms. The number of anilines is 1. The van der Waals surface area contributed by atoms with Crippen LogP contribution in [0.3, 0.4) is 0 Å². The van der Waals surface area contributed by atoms with Crippen molar-refractivity contribution in [2.75, 3.05) is 32.2 Å². The first-order valence-corrected chi connectivity index (χ1v) is 10.3. The van der Waals surface area contributed by atoms with Crippen LogP contribution in [0, 0.1) is 0 Å². The van der Waals surface area contributed by atoms with E-state index in [0.717, 1.165) is 12.8 Å². The van der Waals surface area contributed by atoms with Gasteiger partial charge in [0.2, 0.25) is 5.95 Å². The Balaban J connectivity index is 1.81. The number of H-pyrrole nitrogens is 1. The molecule has 10 heteroatoms. The molecule has 0 aliphatic heterocycles. The van der Waals surface area contributed by atoms with Crippen molar-refractivity contribution in [3.8, 4) is 5.75 Å². The number of aromatic amines is 1. The fourth-order valence-corrected chi connectivity index (χ4v) is 3.24. The predicted molar refractivity (Wildman–Crippen MR) is 118 cm³/mol. The highest BCUT2D eigenvalue weighted by molar-refractivity contribution is 5.74. The normalized spacial score (nSPS) is 12.3. The van der Waals surface area contributed by atoms with Crippen LogP contribution in [-0.2, 0) is 24.8 Å². The molecular formula is C21H29N5O5. The van der Waals surface area contributed by atoms with Gasteiger partial charge in [-0.3, -0.25) is 14.3 Å². The Kier molecular flexibility index (Phi) is 7.48. The molecule has 0 radical (unpaired) electrons. The van der Waals surface area contributed by atoms with E-state index < -0.39 is 17.4 Å². The fourth-order valence-electron chi connectivity index (χ4n) is 3.24. The molecule has 1 atom stereocenters. The SMILES string of the molecule is CCc1ccc(OC[C@@H](O)Cn2c(NCCCOC)nc3c2c(=O)[nH]c(=O)n3C)cc1. The number of ether oxygens (including phenoxy) is 2. The molecule has 3 N–H and O–H groups in total. The molecule has 2 heterocycles. The molecule has 0 aliphatic rings. The van der Waals surface area contributed by atoms with Gasteiger partial charge in [-0.2, -0.15) is 4.98 Å². The van der Waals surface area contributed by atoms with Gasteiger partial charge < -0.3 is 24.5 Å². The number of nitrogens with one attached hydrogen (secondary N) is 2. The molecule has 31 heavy (non-hydrogen) atoms. The summed E-state index contributed by atoms with van der Waals surface area (Å²) >= 11 is 0. The van der Waals surface area contributed by atoms with E-state index in [9.17, 15) is 14.7 Å². The van der Waals surface area contributed by atoms with E-state index in [1.807, 2.05) is 24.3 Å². The number of aromatic nitrogens is 4. The zero-order valence-corrected chi connectivity index (χ0v) is 18.1. The Labute approximate surface area is 179 Å². The first-order valence-electron chi connectivity index (χ1n) is 10.3. The number of rotatable bonds is 11. The highest BCUT2D eigenvalue weighted by Gasteiger charge is 2.19. The highest BCUT2D eigenvalue weighted by atomic mass is 16.5. The summed E-state index contributed by atoms with van der Waals surface area (Å²) in [4.78, 5) is 31.2. The fraction of sp³-hybridized carbons (Fsp3) is 0.476. The summed E-state index contributed by atoms with van der Waals surface area (Å²) in [5.74, 6) is 1.05. The van der Waals surface area contributed by atoms with Gasteiger partial charge in [0.1, 0.15) is 18.5 Å². The second kappa shape index (κ2) is 10.3. The lowest BCUT2D eigenvalue weighted by Gasteiger charge is -2.16. The second-order valence-electron chi connectivity index (χ2n) is 7.27. The van der Waals surface area contributed by atoms with Crippen molar-refractivity contribution in [2.45, 2.75) is 32.4 Å². The zero-order chi connectivity index (χ0) is 22.4. The minimum absolute atomic E-state index is 0.0396. The van der Waals surface area contributed by atoms with Crippen LogP contribution in [0.1, 0.15) is 18.9 Å². The molecule has 3 aromatic rings.